The van der Waals surface area contributed by atoms with E-state index < -0.39 is 169 Å². The minimum Gasteiger partial charge on any atom is -0.370 e. The van der Waals surface area contributed by atoms with E-state index in [0.29, 0.717) is 55.4 Å². The summed E-state index contributed by atoms with van der Waals surface area (Å²) >= 11 is 1.45. The second-order valence-corrected chi connectivity index (χ2v) is 25.1. The smallest absolute Gasteiger partial charge is 0.245 e. The number of unbranched alkanes of at least 4 members (excludes halogenated alkanes) is 1. The lowest BCUT2D eigenvalue weighted by molar-refractivity contribution is -0.144. The molecular weight excluding hydrogens is 1250 g/mol. The number of carbonyl (C=O) groups excluding carboxylic acids is 13. The topological polar surface area (TPSA) is 519 Å². The number of primary amides is 3. The van der Waals surface area contributed by atoms with Gasteiger partial charge in [-0.25, -0.2) is 0 Å². The fraction of sp³-hybridized carbons (Fsp3) is 0.587. The first-order valence-electron chi connectivity index (χ1n) is 32.2. The number of nitrogens with zero attached hydrogens (tertiary/aromatic N) is 3. The molecule has 2 aromatic rings. The van der Waals surface area contributed by atoms with E-state index in [1.807, 2.05) is 20.1 Å². The third-order valence-electron chi connectivity index (χ3n) is 16.0. The van der Waals surface area contributed by atoms with Gasteiger partial charge in [0.25, 0.3) is 0 Å². The average Bonchev–Trinajstić information content (AvgIpc) is 1.74. The maximum atomic E-state index is 14.7. The molecule has 0 aliphatic carbocycles. The Morgan fingerprint density at radius 3 is 1.51 bits per heavy atom. The highest BCUT2D eigenvalue weighted by Crippen LogP contribution is 2.24. The van der Waals surface area contributed by atoms with E-state index in [9.17, 15) is 62.3 Å². The van der Waals surface area contributed by atoms with Crippen molar-refractivity contribution in [1.82, 2.24) is 52.3 Å². The lowest BCUT2D eigenvalue weighted by Gasteiger charge is -2.32. The fourth-order valence-corrected chi connectivity index (χ4v) is 11.5. The number of nitrogens with one attached hydrogen (secondary N) is 8. The summed E-state index contributed by atoms with van der Waals surface area (Å²) < 4.78 is 0. The van der Waals surface area contributed by atoms with Crippen LogP contribution >= 0.6 is 11.8 Å². The molecule has 0 unspecified atom stereocenters. The van der Waals surface area contributed by atoms with Crippen LogP contribution in [-0.4, -0.2) is 198 Å². The van der Waals surface area contributed by atoms with Crippen molar-refractivity contribution in [2.45, 2.75) is 183 Å². The van der Waals surface area contributed by atoms with Gasteiger partial charge in [-0.2, -0.15) is 11.8 Å². The maximum Gasteiger partial charge on any atom is 0.245 e. The quantitative estimate of drug-likeness (QED) is 0.0173. The van der Waals surface area contributed by atoms with Gasteiger partial charge in [0.15, 0.2) is 5.96 Å². The van der Waals surface area contributed by atoms with Crippen molar-refractivity contribution in [3.05, 3.63) is 71.8 Å². The lowest BCUT2D eigenvalue weighted by atomic mass is 10.0. The van der Waals surface area contributed by atoms with E-state index >= 15 is 0 Å². The average molecular weight is 1350 g/mol. The normalized spacial score (nSPS) is 16.8. The van der Waals surface area contributed by atoms with Gasteiger partial charge in [-0.15, -0.1) is 0 Å². The number of hydrogen-bond donors (Lipinski definition) is 15. The molecule has 4 rings (SSSR count). The molecular formula is C63H98N18O13S. The molecule has 2 saturated heterocycles. The minimum atomic E-state index is -1.64. The largest absolute Gasteiger partial charge is 0.370 e. The van der Waals surface area contributed by atoms with Crippen LogP contribution in [0, 0.1) is 5.92 Å². The number of thioether (sulfide) groups is 1. The van der Waals surface area contributed by atoms with Crippen LogP contribution in [0.25, 0.3) is 0 Å². The molecule has 0 bridgehead atoms. The van der Waals surface area contributed by atoms with Crippen molar-refractivity contribution >= 4 is 94.5 Å². The third-order valence-corrected chi connectivity index (χ3v) is 16.7. The van der Waals surface area contributed by atoms with Gasteiger partial charge in [0.1, 0.15) is 54.4 Å². The highest BCUT2D eigenvalue weighted by atomic mass is 32.2. The zero-order chi connectivity index (χ0) is 70.1. The van der Waals surface area contributed by atoms with Crippen molar-refractivity contribution in [3.63, 3.8) is 0 Å². The van der Waals surface area contributed by atoms with E-state index in [1.54, 1.807) is 60.7 Å². The van der Waals surface area contributed by atoms with E-state index in [1.165, 1.54) is 21.6 Å². The highest BCUT2D eigenvalue weighted by Gasteiger charge is 2.42. The molecule has 524 valence electrons. The summed E-state index contributed by atoms with van der Waals surface area (Å²) in [6, 6.07) is 4.51. The molecule has 2 heterocycles. The summed E-state index contributed by atoms with van der Waals surface area (Å²) in [5.41, 5.74) is 40.6. The Morgan fingerprint density at radius 1 is 0.537 bits per heavy atom. The highest BCUT2D eigenvalue weighted by molar-refractivity contribution is 7.98. The molecule has 31 nitrogen and oxygen atoms in total. The summed E-state index contributed by atoms with van der Waals surface area (Å²) in [7, 11) is 0. The molecule has 22 N–H and O–H groups in total. The minimum absolute atomic E-state index is 0.0736. The SMILES string of the molecule is CSCC[C@H](NC(=O)[C@H](CC(C)C)NC(=O)CNC(=O)[C@@H](Cc1ccccc1)NC(=O)[C@H](Cc1ccccc1)NC(=O)[C@H](CCC(N)=O)NC(=O)[C@H](CCC(N)=O)NC(=O)[C@H]1CCCN1C(=O)[C@H](CCCCN)NC(=O)[C@@H]1CCCN1C(=O)[C@@H](N)CCCN=C(N)N)C(N)=O. The summed E-state index contributed by atoms with van der Waals surface area (Å²) in [4.78, 5) is 185. The zero-order valence-electron chi connectivity index (χ0n) is 54.5. The molecule has 10 atom stereocenters. The van der Waals surface area contributed by atoms with Crippen molar-refractivity contribution in [2.75, 3.05) is 44.7 Å². The third kappa shape index (κ3) is 27.5. The van der Waals surface area contributed by atoms with Gasteiger partial charge in [0, 0.05) is 45.3 Å². The standard InChI is InChI=1S/C63H98N18O13S/c1-37(2)33-45(57(89)74-41(53(68)85)27-32-95-3)73-52(84)36-72-54(86)46(34-38-15-6-4-7-16-38)78-58(90)47(35-39-17-8-5-9-18-39)79-56(88)42(23-25-50(66)82)75-55(87)43(24-26-51(67)83)76-59(91)49-22-14-31-81(49)62(94)44(20-10-11-28-64)77-60(92)48-21-13-30-80(48)61(93)40(65)19-12-29-71-63(69)70/h4-9,15-18,37,40-49H,10-14,19-36,64-65H2,1-3H3,(H2,66,82)(H2,67,83)(H2,68,85)(H,72,86)(H,73,84)(H,74,89)(H,75,87)(H,76,91)(H,77,92)(H,78,90)(H,79,88)(H4,69,70,71)/t40-,41-,42-,43-,44-,45-,46+,47-,48-,49+/m0/s1. The van der Waals surface area contributed by atoms with Crippen molar-refractivity contribution in [3.8, 4) is 0 Å². The van der Waals surface area contributed by atoms with E-state index in [0.717, 1.165) is 0 Å². The van der Waals surface area contributed by atoms with Crippen LogP contribution in [-0.2, 0) is 75.2 Å². The first-order chi connectivity index (χ1) is 45.2. The molecule has 2 aromatic carbocycles. The van der Waals surface area contributed by atoms with Gasteiger partial charge in [0.05, 0.1) is 12.6 Å². The Hall–Kier alpha value is -8.91. The zero-order valence-corrected chi connectivity index (χ0v) is 55.3. The van der Waals surface area contributed by atoms with E-state index in [-0.39, 0.29) is 83.0 Å². The Bertz CT molecular complexity index is 2960. The van der Waals surface area contributed by atoms with Crippen LogP contribution < -0.4 is 82.7 Å². The summed E-state index contributed by atoms with van der Waals surface area (Å²) in [5.74, 6) is -9.80. The summed E-state index contributed by atoms with van der Waals surface area (Å²) in [5, 5.41) is 21.1. The number of amides is 13. The van der Waals surface area contributed by atoms with Crippen molar-refractivity contribution in [2.24, 2.45) is 51.0 Å². The van der Waals surface area contributed by atoms with Gasteiger partial charge in [-0.1, -0.05) is 74.5 Å². The van der Waals surface area contributed by atoms with Crippen LogP contribution in [0.1, 0.15) is 121 Å². The lowest BCUT2D eigenvalue weighted by Crippen LogP contribution is -2.60. The maximum absolute atomic E-state index is 14.7. The van der Waals surface area contributed by atoms with Gasteiger partial charge in [-0.3, -0.25) is 67.3 Å². The molecule has 0 spiro atoms. The van der Waals surface area contributed by atoms with Crippen LogP contribution in [0.2, 0.25) is 0 Å². The molecule has 2 fully saturated rings. The second kappa shape index (κ2) is 41.0. The molecule has 2 aliphatic heterocycles. The van der Waals surface area contributed by atoms with E-state index in [2.05, 4.69) is 47.5 Å². The first kappa shape index (κ1) is 78.5. The Balaban J connectivity index is 1.56. The number of likely N-dealkylation sites (tertiary alicyclic amines) is 2. The van der Waals surface area contributed by atoms with Crippen LogP contribution in [0.4, 0.5) is 0 Å². The predicted octanol–water partition coefficient (Wildman–Crippen LogP) is -3.71. The van der Waals surface area contributed by atoms with Crippen molar-refractivity contribution < 1.29 is 62.3 Å². The summed E-state index contributed by atoms with van der Waals surface area (Å²) in [6.45, 7) is 3.86. The number of carbonyl (C=O) groups is 13. The van der Waals surface area contributed by atoms with Gasteiger partial charge in [-0.05, 0) is 119 Å². The molecule has 0 aromatic heterocycles. The Morgan fingerprint density at radius 2 is 1.01 bits per heavy atom. The number of nitrogens with two attached hydrogens (primary N) is 7. The monoisotopic (exact) mass is 1350 g/mol. The Kier molecular flexibility index (Phi) is 33.9. The number of hydrogen-bond acceptors (Lipinski definition) is 17. The van der Waals surface area contributed by atoms with Crippen LogP contribution in [0.5, 0.6) is 0 Å². The number of guanidine groups is 1. The molecule has 95 heavy (non-hydrogen) atoms. The van der Waals surface area contributed by atoms with Gasteiger partial charge in [0.2, 0.25) is 76.8 Å². The number of benzene rings is 2. The summed E-state index contributed by atoms with van der Waals surface area (Å²) in [6.07, 6.45) is 3.12. The van der Waals surface area contributed by atoms with Crippen LogP contribution in [0.3, 0.4) is 0 Å². The number of rotatable bonds is 42. The molecule has 0 radical (unpaired) electrons. The fourth-order valence-electron chi connectivity index (χ4n) is 11.0. The molecule has 13 amide bonds. The number of aliphatic imine (C=N–C) groups is 1. The van der Waals surface area contributed by atoms with Crippen molar-refractivity contribution in [1.29, 1.82) is 0 Å². The molecule has 0 saturated carbocycles. The van der Waals surface area contributed by atoms with Gasteiger partial charge < -0.3 is 92.5 Å². The first-order valence-corrected chi connectivity index (χ1v) is 33.6. The van der Waals surface area contributed by atoms with Crippen LogP contribution in [0.15, 0.2) is 65.7 Å². The second-order valence-electron chi connectivity index (χ2n) is 24.1. The van der Waals surface area contributed by atoms with E-state index in [4.69, 9.17) is 40.1 Å². The molecule has 32 heteroatoms. The predicted molar refractivity (Wildman–Crippen MR) is 356 cm³/mol. The molecule has 2 aliphatic rings. The Labute approximate surface area is 558 Å². The van der Waals surface area contributed by atoms with Gasteiger partial charge >= 0.3 is 0 Å².